The minimum absolute atomic E-state index is 0.177. The Morgan fingerprint density at radius 1 is 1.13 bits per heavy atom. The molecule has 0 spiro atoms. The van der Waals surface area contributed by atoms with Gasteiger partial charge in [-0.2, -0.15) is 0 Å². The molecular formula is C17H17ClO5. The molecule has 0 heterocycles. The second kappa shape index (κ2) is 7.74. The van der Waals surface area contributed by atoms with E-state index in [0.29, 0.717) is 22.3 Å². The van der Waals surface area contributed by atoms with Gasteiger partial charge in [-0.15, -0.1) is 0 Å². The van der Waals surface area contributed by atoms with Crippen molar-refractivity contribution in [3.63, 3.8) is 0 Å². The van der Waals surface area contributed by atoms with Crippen LogP contribution in [-0.2, 0) is 11.2 Å². The lowest BCUT2D eigenvalue weighted by Gasteiger charge is -2.16. The quantitative estimate of drug-likeness (QED) is 0.839. The van der Waals surface area contributed by atoms with E-state index in [9.17, 15) is 9.90 Å². The fraction of sp³-hybridized carbons (Fsp3) is 0.235. The van der Waals surface area contributed by atoms with Gasteiger partial charge in [0, 0.05) is 12.5 Å². The number of hydrogen-bond acceptors (Lipinski definition) is 4. The first kappa shape index (κ1) is 17.0. The molecule has 0 aliphatic heterocycles. The fourth-order valence-electron chi connectivity index (χ4n) is 2.07. The maximum absolute atomic E-state index is 11.5. The van der Waals surface area contributed by atoms with E-state index in [1.165, 1.54) is 14.2 Å². The third-order valence-corrected chi connectivity index (χ3v) is 3.53. The van der Waals surface area contributed by atoms with Gasteiger partial charge in [0.05, 0.1) is 19.2 Å². The molecule has 0 aliphatic rings. The average Bonchev–Trinajstić information content (AvgIpc) is 2.54. The van der Waals surface area contributed by atoms with Gasteiger partial charge in [0.1, 0.15) is 17.2 Å². The summed E-state index contributed by atoms with van der Waals surface area (Å²) in [6, 6.07) is 11.9. The van der Waals surface area contributed by atoms with Crippen LogP contribution < -0.4 is 14.2 Å². The van der Waals surface area contributed by atoms with Crippen LogP contribution in [0, 0.1) is 0 Å². The minimum atomic E-state index is -1.06. The van der Waals surface area contributed by atoms with Gasteiger partial charge in [0.25, 0.3) is 0 Å². The zero-order valence-electron chi connectivity index (χ0n) is 12.8. The number of aliphatic carboxylic acids is 1. The van der Waals surface area contributed by atoms with Gasteiger partial charge in [0.15, 0.2) is 6.10 Å². The van der Waals surface area contributed by atoms with Crippen molar-refractivity contribution in [2.24, 2.45) is 0 Å². The SMILES string of the molecule is COc1cccc(OC(Cc2ccc(OC)c(Cl)c2)C(=O)O)c1. The first-order valence-corrected chi connectivity index (χ1v) is 7.27. The highest BCUT2D eigenvalue weighted by Crippen LogP contribution is 2.26. The molecule has 0 saturated heterocycles. The molecule has 2 aromatic rings. The van der Waals surface area contributed by atoms with E-state index in [4.69, 9.17) is 25.8 Å². The van der Waals surface area contributed by atoms with E-state index in [0.717, 1.165) is 5.56 Å². The van der Waals surface area contributed by atoms with Crippen LogP contribution in [0.4, 0.5) is 0 Å². The molecule has 0 saturated carbocycles. The second-order valence-corrected chi connectivity index (χ2v) is 5.20. The lowest BCUT2D eigenvalue weighted by molar-refractivity contribution is -0.145. The third-order valence-electron chi connectivity index (χ3n) is 3.23. The first-order chi connectivity index (χ1) is 11.0. The van der Waals surface area contributed by atoms with Crippen molar-refractivity contribution < 1.29 is 24.1 Å². The first-order valence-electron chi connectivity index (χ1n) is 6.89. The number of methoxy groups -OCH3 is 2. The lowest BCUT2D eigenvalue weighted by Crippen LogP contribution is -2.29. The summed E-state index contributed by atoms with van der Waals surface area (Å²) in [7, 11) is 3.06. The number of carbonyl (C=O) groups is 1. The maximum atomic E-state index is 11.5. The largest absolute Gasteiger partial charge is 0.497 e. The van der Waals surface area contributed by atoms with E-state index >= 15 is 0 Å². The van der Waals surface area contributed by atoms with Crippen molar-refractivity contribution >= 4 is 17.6 Å². The molecule has 0 aliphatic carbocycles. The molecule has 0 amide bonds. The van der Waals surface area contributed by atoms with E-state index < -0.39 is 12.1 Å². The number of benzene rings is 2. The summed E-state index contributed by atoms with van der Waals surface area (Å²) in [6.07, 6.45) is -0.859. The summed E-state index contributed by atoms with van der Waals surface area (Å²) < 4.78 is 15.7. The number of hydrogen-bond donors (Lipinski definition) is 1. The molecule has 6 heteroatoms. The number of halogens is 1. The molecule has 122 valence electrons. The molecular weight excluding hydrogens is 320 g/mol. The van der Waals surface area contributed by atoms with Crippen LogP contribution in [0.3, 0.4) is 0 Å². The number of ether oxygens (including phenoxy) is 3. The fourth-order valence-corrected chi connectivity index (χ4v) is 2.35. The molecule has 1 atom stereocenters. The molecule has 1 unspecified atom stereocenters. The molecule has 23 heavy (non-hydrogen) atoms. The molecule has 2 aromatic carbocycles. The normalized spacial score (nSPS) is 11.6. The van der Waals surface area contributed by atoms with Gasteiger partial charge in [0.2, 0.25) is 0 Å². The van der Waals surface area contributed by atoms with Crippen LogP contribution in [0.15, 0.2) is 42.5 Å². The third kappa shape index (κ3) is 4.53. The van der Waals surface area contributed by atoms with Gasteiger partial charge in [-0.1, -0.05) is 23.7 Å². The zero-order valence-corrected chi connectivity index (χ0v) is 13.5. The Morgan fingerprint density at radius 2 is 1.87 bits per heavy atom. The zero-order chi connectivity index (χ0) is 16.8. The Balaban J connectivity index is 2.15. The van der Waals surface area contributed by atoms with Crippen molar-refractivity contribution in [1.29, 1.82) is 0 Å². The minimum Gasteiger partial charge on any atom is -0.497 e. The van der Waals surface area contributed by atoms with Crippen molar-refractivity contribution in [3.05, 3.63) is 53.1 Å². The summed E-state index contributed by atoms with van der Waals surface area (Å²) in [5.74, 6) is 0.506. The summed E-state index contributed by atoms with van der Waals surface area (Å²) in [5, 5.41) is 9.80. The highest BCUT2D eigenvalue weighted by molar-refractivity contribution is 6.32. The second-order valence-electron chi connectivity index (χ2n) is 4.80. The number of carboxylic acids is 1. The Bertz CT molecular complexity index is 686. The molecule has 0 radical (unpaired) electrons. The average molecular weight is 337 g/mol. The van der Waals surface area contributed by atoms with Crippen LogP contribution in [0.5, 0.6) is 17.2 Å². The molecule has 0 aromatic heterocycles. The smallest absolute Gasteiger partial charge is 0.345 e. The molecule has 2 rings (SSSR count). The molecule has 0 bridgehead atoms. The predicted octanol–water partition coefficient (Wildman–Crippen LogP) is 3.43. The van der Waals surface area contributed by atoms with Gasteiger partial charge in [-0.25, -0.2) is 4.79 Å². The Kier molecular flexibility index (Phi) is 5.71. The van der Waals surface area contributed by atoms with Crippen molar-refractivity contribution in [2.75, 3.05) is 14.2 Å². The van der Waals surface area contributed by atoms with Crippen molar-refractivity contribution in [1.82, 2.24) is 0 Å². The van der Waals surface area contributed by atoms with E-state index in [1.807, 2.05) is 0 Å². The maximum Gasteiger partial charge on any atom is 0.345 e. The highest BCUT2D eigenvalue weighted by atomic mass is 35.5. The number of carboxylic acid groups (broad SMARTS) is 1. The van der Waals surface area contributed by atoms with Gasteiger partial charge >= 0.3 is 5.97 Å². The summed E-state index contributed by atoms with van der Waals surface area (Å²) in [6.45, 7) is 0. The van der Waals surface area contributed by atoms with Crippen LogP contribution in [-0.4, -0.2) is 31.4 Å². The van der Waals surface area contributed by atoms with Crippen molar-refractivity contribution in [2.45, 2.75) is 12.5 Å². The lowest BCUT2D eigenvalue weighted by atomic mass is 10.1. The van der Waals surface area contributed by atoms with Crippen molar-refractivity contribution in [3.8, 4) is 17.2 Å². The van der Waals surface area contributed by atoms with Gasteiger partial charge in [-0.05, 0) is 29.8 Å². The van der Waals surface area contributed by atoms with Gasteiger partial charge in [-0.3, -0.25) is 0 Å². The highest BCUT2D eigenvalue weighted by Gasteiger charge is 2.21. The van der Waals surface area contributed by atoms with Crippen LogP contribution in [0.25, 0.3) is 0 Å². The summed E-state index contributed by atoms with van der Waals surface area (Å²) >= 11 is 6.06. The molecule has 0 fully saturated rings. The van der Waals surface area contributed by atoms with E-state index in [1.54, 1.807) is 42.5 Å². The van der Waals surface area contributed by atoms with Crippen LogP contribution >= 0.6 is 11.6 Å². The van der Waals surface area contributed by atoms with Gasteiger partial charge < -0.3 is 19.3 Å². The van der Waals surface area contributed by atoms with E-state index in [2.05, 4.69) is 0 Å². The molecule has 5 nitrogen and oxygen atoms in total. The van der Waals surface area contributed by atoms with E-state index in [-0.39, 0.29) is 6.42 Å². The predicted molar refractivity (Wildman–Crippen MR) is 86.8 cm³/mol. The van der Waals surface area contributed by atoms with Crippen LogP contribution in [0.1, 0.15) is 5.56 Å². The topological polar surface area (TPSA) is 65.0 Å². The Labute approximate surface area is 139 Å². The Hall–Kier alpha value is -2.40. The molecule has 1 N–H and O–H groups in total. The summed E-state index contributed by atoms with van der Waals surface area (Å²) in [5.41, 5.74) is 0.742. The number of rotatable bonds is 7. The summed E-state index contributed by atoms with van der Waals surface area (Å²) in [4.78, 5) is 11.5. The standard InChI is InChI=1S/C17H17ClO5/c1-21-12-4-3-5-13(10-12)23-16(17(19)20)9-11-6-7-15(22-2)14(18)8-11/h3-8,10,16H,9H2,1-2H3,(H,19,20). The monoisotopic (exact) mass is 336 g/mol. The Morgan fingerprint density at radius 3 is 2.48 bits per heavy atom. The van der Waals surface area contributed by atoms with Crippen LogP contribution in [0.2, 0.25) is 5.02 Å².